The van der Waals surface area contributed by atoms with E-state index in [-0.39, 0.29) is 6.54 Å². The molecule has 10 heteroatoms. The Hall–Kier alpha value is -1.81. The summed E-state index contributed by atoms with van der Waals surface area (Å²) >= 11 is 4.31. The summed E-state index contributed by atoms with van der Waals surface area (Å²) in [5.74, 6) is 1.20. The van der Waals surface area contributed by atoms with E-state index in [1.54, 1.807) is 7.05 Å². The molecule has 0 fully saturated rings. The van der Waals surface area contributed by atoms with Crippen LogP contribution < -0.4 is 15.4 Å². The van der Waals surface area contributed by atoms with E-state index in [1.165, 1.54) is 0 Å². The number of ether oxygens (including phenoxy) is 1. The van der Waals surface area contributed by atoms with Gasteiger partial charge in [-0.2, -0.15) is 13.2 Å². The van der Waals surface area contributed by atoms with E-state index >= 15 is 0 Å². The van der Waals surface area contributed by atoms with Crippen molar-refractivity contribution in [1.82, 2.24) is 15.6 Å². The first-order valence-corrected chi connectivity index (χ1v) is 8.90. The number of nitrogens with one attached hydrogen (secondary N) is 2. The maximum Gasteiger partial charge on any atom is 0.434 e. The SMILES string of the molecule is CN=C(NCCOc1cccc(Br)c1)NCc1nc(C(F)(F)F)cs1. The van der Waals surface area contributed by atoms with Gasteiger partial charge in [0.05, 0.1) is 13.1 Å². The zero-order valence-electron chi connectivity index (χ0n) is 13.2. The first-order valence-electron chi connectivity index (χ1n) is 7.23. The first-order chi connectivity index (χ1) is 11.9. The van der Waals surface area contributed by atoms with Crippen LogP contribution in [0.25, 0.3) is 0 Å². The van der Waals surface area contributed by atoms with E-state index in [4.69, 9.17) is 4.74 Å². The molecule has 1 heterocycles. The average molecular weight is 437 g/mol. The number of aromatic nitrogens is 1. The molecule has 0 aliphatic heterocycles. The highest BCUT2D eigenvalue weighted by Gasteiger charge is 2.33. The number of aliphatic imine (C=N–C) groups is 1. The fourth-order valence-electron chi connectivity index (χ4n) is 1.80. The highest BCUT2D eigenvalue weighted by Crippen LogP contribution is 2.29. The Morgan fingerprint density at radius 2 is 2.16 bits per heavy atom. The Morgan fingerprint density at radius 3 is 2.80 bits per heavy atom. The fourth-order valence-corrected chi connectivity index (χ4v) is 2.92. The molecule has 2 aromatic rings. The minimum atomic E-state index is -4.42. The van der Waals surface area contributed by atoms with Gasteiger partial charge in [0, 0.05) is 16.9 Å². The molecule has 0 bridgehead atoms. The zero-order valence-corrected chi connectivity index (χ0v) is 15.6. The van der Waals surface area contributed by atoms with Crippen molar-refractivity contribution >= 4 is 33.2 Å². The molecule has 0 aliphatic rings. The number of thiazole rings is 1. The lowest BCUT2D eigenvalue weighted by Gasteiger charge is -2.12. The molecule has 1 aromatic heterocycles. The van der Waals surface area contributed by atoms with Crippen LogP contribution in [0.1, 0.15) is 10.7 Å². The Labute approximate surface area is 155 Å². The van der Waals surface area contributed by atoms with Gasteiger partial charge in [-0.25, -0.2) is 4.98 Å². The summed E-state index contributed by atoms with van der Waals surface area (Å²) in [5, 5.41) is 7.27. The van der Waals surface area contributed by atoms with Gasteiger partial charge in [0.1, 0.15) is 17.4 Å². The van der Waals surface area contributed by atoms with Crippen molar-refractivity contribution in [3.8, 4) is 5.75 Å². The molecule has 0 saturated heterocycles. The van der Waals surface area contributed by atoms with Crippen LogP contribution in [0.2, 0.25) is 0 Å². The standard InChI is InChI=1S/C15H16BrF3N4OS/c1-20-14(21-5-6-24-11-4-2-3-10(16)7-11)22-8-13-23-12(9-25-13)15(17,18)19/h2-4,7,9H,5-6,8H2,1H3,(H2,20,21,22). The van der Waals surface area contributed by atoms with E-state index in [9.17, 15) is 13.2 Å². The summed E-state index contributed by atoms with van der Waals surface area (Å²) < 4.78 is 44.0. The molecule has 5 nitrogen and oxygen atoms in total. The third-order valence-electron chi connectivity index (χ3n) is 2.93. The number of hydrogen-bond donors (Lipinski definition) is 2. The minimum absolute atomic E-state index is 0.160. The van der Waals surface area contributed by atoms with Crippen LogP contribution in [0, 0.1) is 0 Å². The largest absolute Gasteiger partial charge is 0.492 e. The monoisotopic (exact) mass is 436 g/mol. The summed E-state index contributed by atoms with van der Waals surface area (Å²) in [6.45, 7) is 1.05. The van der Waals surface area contributed by atoms with Crippen LogP contribution in [0.5, 0.6) is 5.75 Å². The minimum Gasteiger partial charge on any atom is -0.492 e. The summed E-state index contributed by atoms with van der Waals surface area (Å²) in [5.41, 5.74) is -0.875. The topological polar surface area (TPSA) is 58.5 Å². The van der Waals surface area contributed by atoms with Crippen LogP contribution in [0.15, 0.2) is 39.1 Å². The zero-order chi connectivity index (χ0) is 18.3. The molecule has 2 rings (SSSR count). The van der Waals surface area contributed by atoms with Crippen molar-refractivity contribution in [3.63, 3.8) is 0 Å². The predicted octanol–water partition coefficient (Wildman–Crippen LogP) is 3.67. The van der Waals surface area contributed by atoms with E-state index in [0.29, 0.717) is 24.1 Å². The second-order valence-electron chi connectivity index (χ2n) is 4.78. The van der Waals surface area contributed by atoms with Crippen LogP contribution in [-0.4, -0.2) is 31.1 Å². The lowest BCUT2D eigenvalue weighted by molar-refractivity contribution is -0.140. The van der Waals surface area contributed by atoms with Gasteiger partial charge in [-0.05, 0) is 18.2 Å². The number of halogens is 4. The summed E-state index contributed by atoms with van der Waals surface area (Å²) in [7, 11) is 1.58. The molecule has 0 spiro atoms. The van der Waals surface area contributed by atoms with Gasteiger partial charge in [-0.15, -0.1) is 11.3 Å². The normalized spacial score (nSPS) is 12.1. The number of nitrogens with zero attached hydrogens (tertiary/aromatic N) is 2. The van der Waals surface area contributed by atoms with Crippen molar-refractivity contribution in [2.45, 2.75) is 12.7 Å². The van der Waals surface area contributed by atoms with Crippen LogP contribution >= 0.6 is 27.3 Å². The second-order valence-corrected chi connectivity index (χ2v) is 6.64. The van der Waals surface area contributed by atoms with Crippen LogP contribution in [-0.2, 0) is 12.7 Å². The molecule has 0 amide bonds. The van der Waals surface area contributed by atoms with Crippen molar-refractivity contribution in [2.24, 2.45) is 4.99 Å². The maximum absolute atomic E-state index is 12.5. The van der Waals surface area contributed by atoms with Gasteiger partial charge in [0.15, 0.2) is 11.7 Å². The molecule has 0 atom stereocenters. The second kappa shape index (κ2) is 9.04. The third kappa shape index (κ3) is 6.54. The molecule has 1 aromatic carbocycles. The number of guanidine groups is 1. The molecule has 25 heavy (non-hydrogen) atoms. The van der Waals surface area contributed by atoms with Crippen molar-refractivity contribution < 1.29 is 17.9 Å². The van der Waals surface area contributed by atoms with Crippen molar-refractivity contribution in [2.75, 3.05) is 20.2 Å². The first kappa shape index (κ1) is 19.5. The van der Waals surface area contributed by atoms with Gasteiger partial charge in [-0.1, -0.05) is 22.0 Å². The summed E-state index contributed by atoms with van der Waals surface area (Å²) in [4.78, 5) is 7.55. The number of benzene rings is 1. The summed E-state index contributed by atoms with van der Waals surface area (Å²) in [6.07, 6.45) is -4.42. The quantitative estimate of drug-likeness (QED) is 0.412. The maximum atomic E-state index is 12.5. The van der Waals surface area contributed by atoms with Gasteiger partial charge in [-0.3, -0.25) is 4.99 Å². The highest BCUT2D eigenvalue weighted by atomic mass is 79.9. The van der Waals surface area contributed by atoms with Gasteiger partial charge < -0.3 is 15.4 Å². The number of hydrogen-bond acceptors (Lipinski definition) is 4. The van der Waals surface area contributed by atoms with E-state index in [0.717, 1.165) is 26.9 Å². The Bertz CT molecular complexity index is 721. The lowest BCUT2D eigenvalue weighted by Crippen LogP contribution is -2.38. The van der Waals surface area contributed by atoms with Gasteiger partial charge >= 0.3 is 6.18 Å². The number of rotatable bonds is 6. The third-order valence-corrected chi connectivity index (χ3v) is 4.27. The van der Waals surface area contributed by atoms with Crippen LogP contribution in [0.3, 0.4) is 0 Å². The highest BCUT2D eigenvalue weighted by molar-refractivity contribution is 9.10. The predicted molar refractivity (Wildman–Crippen MR) is 95.0 cm³/mol. The van der Waals surface area contributed by atoms with Crippen LogP contribution in [0.4, 0.5) is 13.2 Å². The average Bonchev–Trinajstić information content (AvgIpc) is 3.03. The molecule has 0 aliphatic carbocycles. The molecular formula is C15H16BrF3N4OS. The van der Waals surface area contributed by atoms with Gasteiger partial charge in [0.25, 0.3) is 0 Å². The lowest BCUT2D eigenvalue weighted by atomic mass is 10.3. The molecule has 136 valence electrons. The van der Waals surface area contributed by atoms with Crippen molar-refractivity contribution in [3.05, 3.63) is 44.8 Å². The Morgan fingerprint density at radius 1 is 1.36 bits per heavy atom. The smallest absolute Gasteiger partial charge is 0.434 e. The number of alkyl halides is 3. The Kier molecular flexibility index (Phi) is 7.06. The molecule has 2 N–H and O–H groups in total. The van der Waals surface area contributed by atoms with Crippen molar-refractivity contribution in [1.29, 1.82) is 0 Å². The molecule has 0 radical (unpaired) electrons. The molecular weight excluding hydrogens is 421 g/mol. The molecule has 0 unspecified atom stereocenters. The van der Waals surface area contributed by atoms with E-state index < -0.39 is 11.9 Å². The fraction of sp³-hybridized carbons (Fsp3) is 0.333. The van der Waals surface area contributed by atoms with Gasteiger partial charge in [0.2, 0.25) is 0 Å². The molecule has 0 saturated carbocycles. The van der Waals surface area contributed by atoms with E-state index in [2.05, 4.69) is 36.5 Å². The Balaban J connectivity index is 1.73. The van der Waals surface area contributed by atoms with E-state index in [1.807, 2.05) is 24.3 Å². The summed E-state index contributed by atoms with van der Waals surface area (Å²) in [6, 6.07) is 7.47.